The van der Waals surface area contributed by atoms with Crippen molar-refractivity contribution in [2.45, 2.75) is 24.1 Å². The highest BCUT2D eigenvalue weighted by Crippen LogP contribution is 2.32. The Hall–Kier alpha value is -1.41. The summed E-state index contributed by atoms with van der Waals surface area (Å²) in [5, 5.41) is 16.1. The number of alkyl halides is 3. The third-order valence-electron chi connectivity index (χ3n) is 3.36. The summed E-state index contributed by atoms with van der Waals surface area (Å²) >= 11 is 18.2. The van der Waals surface area contributed by atoms with E-state index in [0.29, 0.717) is 10.6 Å². The van der Waals surface area contributed by atoms with Crippen molar-refractivity contribution in [2.24, 2.45) is 0 Å². The van der Waals surface area contributed by atoms with Gasteiger partial charge in [-0.25, -0.2) is 0 Å². The molecule has 10 heteroatoms. The predicted octanol–water partition coefficient (Wildman–Crippen LogP) is 4.03. The van der Waals surface area contributed by atoms with Crippen LogP contribution in [0.4, 0.5) is 5.69 Å². The molecule has 0 spiro atoms. The lowest BCUT2D eigenvalue weighted by molar-refractivity contribution is -0.115. The lowest BCUT2D eigenvalue weighted by Crippen LogP contribution is -2.27. The smallest absolute Gasteiger partial charge is 0.276 e. The molecule has 3 rings (SSSR count). The average molecular weight is 405 g/mol. The zero-order chi connectivity index (χ0) is 17.5. The van der Waals surface area contributed by atoms with Gasteiger partial charge in [-0.3, -0.25) is 4.79 Å². The van der Waals surface area contributed by atoms with E-state index in [1.165, 1.54) is 11.3 Å². The molecule has 0 unspecified atom stereocenters. The number of fused-ring (bicyclic) bond motifs is 1. The zero-order valence-corrected chi connectivity index (χ0v) is 15.8. The topological polar surface area (TPSA) is 72.2 Å². The number of rotatable bonds is 3. The molecule has 0 bridgehead atoms. The Morgan fingerprint density at radius 2 is 2.08 bits per heavy atom. The minimum Gasteiger partial charge on any atom is -0.322 e. The first-order chi connectivity index (χ1) is 11.3. The maximum atomic E-state index is 11.9. The van der Waals surface area contributed by atoms with Gasteiger partial charge in [-0.15, -0.1) is 10.2 Å². The summed E-state index contributed by atoms with van der Waals surface area (Å²) in [6.07, 6.45) is 0.739. The predicted molar refractivity (Wildman–Crippen MR) is 97.1 cm³/mol. The highest BCUT2D eigenvalue weighted by atomic mass is 35.6. The van der Waals surface area contributed by atoms with Crippen molar-refractivity contribution < 1.29 is 4.79 Å². The Morgan fingerprint density at radius 1 is 1.33 bits per heavy atom. The zero-order valence-electron chi connectivity index (χ0n) is 12.7. The molecule has 0 radical (unpaired) electrons. The SMILES string of the molecule is CCc1nnc2sc(-c3ccc(C)c(NC(=O)C(Cl)(Cl)Cl)c3)nn12. The van der Waals surface area contributed by atoms with E-state index in [2.05, 4.69) is 20.6 Å². The third kappa shape index (κ3) is 3.35. The van der Waals surface area contributed by atoms with Gasteiger partial charge < -0.3 is 5.32 Å². The molecule has 1 amide bonds. The fraction of sp³-hybridized carbons (Fsp3) is 0.286. The number of carbonyl (C=O) groups excluding carboxylic acids is 1. The van der Waals surface area contributed by atoms with Crippen molar-refractivity contribution in [2.75, 3.05) is 5.32 Å². The number of aromatic nitrogens is 4. The van der Waals surface area contributed by atoms with Crippen LogP contribution in [0.5, 0.6) is 0 Å². The minimum atomic E-state index is -2.02. The number of aryl methyl sites for hydroxylation is 2. The number of amides is 1. The van der Waals surface area contributed by atoms with Crippen molar-refractivity contribution >= 4 is 62.7 Å². The second-order valence-corrected chi connectivity index (χ2v) is 8.29. The van der Waals surface area contributed by atoms with Gasteiger partial charge in [0.25, 0.3) is 9.70 Å². The number of nitrogens with zero attached hydrogens (tertiary/aromatic N) is 4. The Balaban J connectivity index is 1.97. The number of benzene rings is 1. The summed E-state index contributed by atoms with van der Waals surface area (Å²) in [5.74, 6) is 0.0866. The van der Waals surface area contributed by atoms with Crippen LogP contribution >= 0.6 is 46.1 Å². The minimum absolute atomic E-state index is 0.561. The van der Waals surface area contributed by atoms with Crippen LogP contribution in [0.2, 0.25) is 0 Å². The van der Waals surface area contributed by atoms with Gasteiger partial charge in [-0.05, 0) is 18.6 Å². The van der Waals surface area contributed by atoms with Gasteiger partial charge in [0.05, 0.1) is 0 Å². The van der Waals surface area contributed by atoms with Gasteiger partial charge in [0.1, 0.15) is 5.01 Å². The Morgan fingerprint density at radius 3 is 2.75 bits per heavy atom. The Kier molecular flexibility index (Phi) is 4.70. The first-order valence-electron chi connectivity index (χ1n) is 7.00. The van der Waals surface area contributed by atoms with E-state index in [1.54, 1.807) is 10.6 Å². The van der Waals surface area contributed by atoms with E-state index in [1.807, 2.05) is 26.0 Å². The summed E-state index contributed by atoms with van der Waals surface area (Å²) in [5.41, 5.74) is 2.24. The van der Waals surface area contributed by atoms with E-state index < -0.39 is 9.70 Å². The molecule has 0 aliphatic rings. The standard InChI is InChI=1S/C14H12Cl3N5OS/c1-3-10-19-20-13-22(10)21-11(24-13)8-5-4-7(2)9(6-8)18-12(23)14(15,16)17/h4-6H,3H2,1-2H3,(H,18,23). The molecule has 1 aromatic carbocycles. The van der Waals surface area contributed by atoms with E-state index in [-0.39, 0.29) is 0 Å². The van der Waals surface area contributed by atoms with Crippen molar-refractivity contribution in [3.8, 4) is 10.6 Å². The average Bonchev–Trinajstić information content (AvgIpc) is 3.08. The van der Waals surface area contributed by atoms with Crippen LogP contribution in [0.1, 0.15) is 18.3 Å². The van der Waals surface area contributed by atoms with Crippen LogP contribution in [0.25, 0.3) is 15.5 Å². The van der Waals surface area contributed by atoms with Gasteiger partial charge >= 0.3 is 0 Å². The number of halogens is 3. The summed E-state index contributed by atoms with van der Waals surface area (Å²) < 4.78 is -0.300. The number of hydrogen-bond donors (Lipinski definition) is 1. The van der Waals surface area contributed by atoms with Gasteiger partial charge in [-0.2, -0.15) is 9.61 Å². The van der Waals surface area contributed by atoms with Crippen LogP contribution < -0.4 is 5.32 Å². The summed E-state index contributed by atoms with van der Waals surface area (Å²) in [6.45, 7) is 3.84. The molecule has 2 heterocycles. The molecule has 2 aromatic heterocycles. The maximum Gasteiger partial charge on any atom is 0.276 e. The summed E-state index contributed by atoms with van der Waals surface area (Å²) in [7, 11) is 0. The van der Waals surface area contributed by atoms with Crippen LogP contribution in [0.15, 0.2) is 18.2 Å². The van der Waals surface area contributed by atoms with Crippen LogP contribution in [0.3, 0.4) is 0 Å². The Bertz CT molecular complexity index is 915. The molecule has 24 heavy (non-hydrogen) atoms. The molecular formula is C14H12Cl3N5OS. The summed E-state index contributed by atoms with van der Waals surface area (Å²) in [4.78, 5) is 12.6. The molecule has 3 aromatic rings. The number of anilines is 1. The van der Waals surface area contributed by atoms with Gasteiger partial charge in [-0.1, -0.05) is 65.2 Å². The number of nitrogens with one attached hydrogen (secondary N) is 1. The normalized spacial score (nSPS) is 11.9. The van der Waals surface area contributed by atoms with Gasteiger partial charge in [0, 0.05) is 17.7 Å². The second kappa shape index (κ2) is 6.48. The molecular weight excluding hydrogens is 393 g/mol. The molecule has 0 saturated heterocycles. The van der Waals surface area contributed by atoms with E-state index >= 15 is 0 Å². The van der Waals surface area contributed by atoms with Crippen LogP contribution in [-0.4, -0.2) is 29.5 Å². The molecule has 0 saturated carbocycles. The molecule has 6 nitrogen and oxygen atoms in total. The molecule has 126 valence electrons. The number of hydrogen-bond acceptors (Lipinski definition) is 5. The van der Waals surface area contributed by atoms with Crippen molar-refractivity contribution in [1.29, 1.82) is 0 Å². The largest absolute Gasteiger partial charge is 0.322 e. The molecule has 0 aliphatic heterocycles. The quantitative estimate of drug-likeness (QED) is 0.669. The first-order valence-corrected chi connectivity index (χ1v) is 8.95. The first kappa shape index (κ1) is 17.4. The van der Waals surface area contributed by atoms with Gasteiger partial charge in [0.15, 0.2) is 5.82 Å². The van der Waals surface area contributed by atoms with Gasteiger partial charge in [0.2, 0.25) is 4.96 Å². The number of carbonyl (C=O) groups is 1. The highest BCUT2D eigenvalue weighted by molar-refractivity contribution is 7.19. The van der Waals surface area contributed by atoms with E-state index in [4.69, 9.17) is 34.8 Å². The highest BCUT2D eigenvalue weighted by Gasteiger charge is 2.31. The lowest BCUT2D eigenvalue weighted by Gasteiger charge is -2.13. The monoisotopic (exact) mass is 403 g/mol. The molecule has 1 N–H and O–H groups in total. The maximum absolute atomic E-state index is 11.9. The summed E-state index contributed by atoms with van der Waals surface area (Å²) in [6, 6.07) is 5.57. The van der Waals surface area contributed by atoms with E-state index in [0.717, 1.165) is 28.4 Å². The second-order valence-electron chi connectivity index (χ2n) is 5.05. The fourth-order valence-electron chi connectivity index (χ4n) is 2.08. The molecule has 0 aliphatic carbocycles. The van der Waals surface area contributed by atoms with Crippen LogP contribution in [-0.2, 0) is 11.2 Å². The van der Waals surface area contributed by atoms with Crippen molar-refractivity contribution in [1.82, 2.24) is 19.8 Å². The fourth-order valence-corrected chi connectivity index (χ4v) is 3.07. The van der Waals surface area contributed by atoms with Crippen LogP contribution in [0, 0.1) is 6.92 Å². The molecule has 0 fully saturated rings. The van der Waals surface area contributed by atoms with E-state index in [9.17, 15) is 4.79 Å². The molecule has 0 atom stereocenters. The third-order valence-corrected chi connectivity index (χ3v) is 4.82. The van der Waals surface area contributed by atoms with Crippen molar-refractivity contribution in [3.63, 3.8) is 0 Å². The van der Waals surface area contributed by atoms with Crippen molar-refractivity contribution in [3.05, 3.63) is 29.6 Å². The Labute approximate surface area is 156 Å². The lowest BCUT2D eigenvalue weighted by atomic mass is 10.1.